The van der Waals surface area contributed by atoms with Crippen LogP contribution in [0.4, 0.5) is 0 Å². The van der Waals surface area contributed by atoms with Crippen LogP contribution in [-0.2, 0) is 10.8 Å². The number of benzene rings is 7. The fraction of sp³-hybridized carbons (Fsp3) is 0.185. The quantitative estimate of drug-likeness (QED) is 0.163. The molecule has 0 spiro atoms. The van der Waals surface area contributed by atoms with Gasteiger partial charge in [-0.3, -0.25) is 0 Å². The molecule has 1 heterocycles. The van der Waals surface area contributed by atoms with E-state index in [-0.39, 0.29) is 10.8 Å². The van der Waals surface area contributed by atoms with Gasteiger partial charge in [-0.1, -0.05) is 146 Å². The molecule has 0 aliphatic heterocycles. The van der Waals surface area contributed by atoms with Gasteiger partial charge in [-0.15, -0.1) is 0 Å². The molecule has 2 unspecified atom stereocenters. The van der Waals surface area contributed by atoms with Crippen molar-refractivity contribution in [1.82, 2.24) is 15.0 Å². The highest BCUT2D eigenvalue weighted by Crippen LogP contribution is 2.66. The van der Waals surface area contributed by atoms with Crippen molar-refractivity contribution >= 4 is 10.8 Å². The van der Waals surface area contributed by atoms with Crippen molar-refractivity contribution in [3.63, 3.8) is 0 Å². The van der Waals surface area contributed by atoms with Gasteiger partial charge < -0.3 is 0 Å². The van der Waals surface area contributed by atoms with E-state index in [0.717, 1.165) is 39.5 Å². The maximum absolute atomic E-state index is 9.24. The summed E-state index contributed by atoms with van der Waals surface area (Å²) in [6, 6.07) is 62.8. The summed E-state index contributed by atoms with van der Waals surface area (Å²) in [6.45, 7) is 0. The third-order valence-electron chi connectivity index (χ3n) is 13.5. The molecular formula is C54H42N4. The minimum Gasteiger partial charge on any atom is -0.208 e. The predicted octanol–water partition coefficient (Wildman–Crippen LogP) is 13.0. The summed E-state index contributed by atoms with van der Waals surface area (Å²) in [7, 11) is 0. The Morgan fingerprint density at radius 3 is 1.33 bits per heavy atom. The first-order chi connectivity index (χ1) is 28.5. The average Bonchev–Trinajstić information content (AvgIpc) is 3.29. The van der Waals surface area contributed by atoms with E-state index >= 15 is 0 Å². The summed E-state index contributed by atoms with van der Waals surface area (Å²) in [4.78, 5) is 14.9. The lowest BCUT2D eigenvalue weighted by Gasteiger charge is -2.63. The topological polar surface area (TPSA) is 62.5 Å². The normalized spacial score (nSPS) is 21.8. The van der Waals surface area contributed by atoms with Crippen LogP contribution in [0.25, 0.3) is 67.2 Å². The lowest BCUT2D eigenvalue weighted by atomic mass is 9.41. The first kappa shape index (κ1) is 34.5. The zero-order valence-corrected chi connectivity index (χ0v) is 32.4. The van der Waals surface area contributed by atoms with Gasteiger partial charge in [0, 0.05) is 16.7 Å². The largest absolute Gasteiger partial charge is 0.208 e. The number of nitriles is 1. The molecular weight excluding hydrogens is 705 g/mol. The number of hydrogen-bond donors (Lipinski definition) is 0. The second kappa shape index (κ2) is 13.7. The molecule has 0 radical (unpaired) electrons. The van der Waals surface area contributed by atoms with Crippen LogP contribution >= 0.6 is 0 Å². The molecule has 4 saturated carbocycles. The fourth-order valence-corrected chi connectivity index (χ4v) is 11.2. The Hall–Kier alpha value is -6.70. The first-order valence-corrected chi connectivity index (χ1v) is 20.6. The van der Waals surface area contributed by atoms with Crippen LogP contribution in [-0.4, -0.2) is 15.0 Å². The highest BCUT2D eigenvalue weighted by Gasteiger charge is 2.58. The molecule has 4 bridgehead atoms. The Morgan fingerprint density at radius 2 is 0.828 bits per heavy atom. The smallest absolute Gasteiger partial charge is 0.164 e. The van der Waals surface area contributed by atoms with Crippen molar-refractivity contribution in [3.8, 4) is 62.5 Å². The van der Waals surface area contributed by atoms with E-state index in [0.29, 0.717) is 23.0 Å². The Balaban J connectivity index is 0.888. The number of nitrogens with zero attached hydrogens (tertiary/aromatic N) is 4. The van der Waals surface area contributed by atoms with Crippen LogP contribution in [0.3, 0.4) is 0 Å². The van der Waals surface area contributed by atoms with E-state index in [1.54, 1.807) is 0 Å². The third-order valence-corrected chi connectivity index (χ3v) is 13.5. The lowest BCUT2D eigenvalue weighted by Crippen LogP contribution is -2.55. The summed E-state index contributed by atoms with van der Waals surface area (Å²) in [5.74, 6) is 3.57. The highest BCUT2D eigenvalue weighted by atomic mass is 15.0. The van der Waals surface area contributed by atoms with Gasteiger partial charge in [0.25, 0.3) is 0 Å². The molecule has 4 aliphatic carbocycles. The van der Waals surface area contributed by atoms with Crippen molar-refractivity contribution in [3.05, 3.63) is 187 Å². The zero-order chi connectivity index (χ0) is 38.7. The van der Waals surface area contributed by atoms with E-state index < -0.39 is 0 Å². The van der Waals surface area contributed by atoms with E-state index in [4.69, 9.17) is 15.0 Å². The molecule has 2 atom stereocenters. The maximum Gasteiger partial charge on any atom is 0.164 e. The molecule has 4 fully saturated rings. The molecule has 0 N–H and O–H groups in total. The zero-order valence-electron chi connectivity index (χ0n) is 32.4. The molecule has 12 rings (SSSR count). The van der Waals surface area contributed by atoms with Gasteiger partial charge in [-0.2, -0.15) is 5.26 Å². The van der Waals surface area contributed by atoms with Gasteiger partial charge in [-0.25, -0.2) is 15.0 Å². The number of hydrogen-bond acceptors (Lipinski definition) is 4. The minimum absolute atomic E-state index is 0.231. The van der Waals surface area contributed by atoms with Crippen LogP contribution in [0.2, 0.25) is 0 Å². The number of rotatable bonds is 7. The molecule has 8 aromatic rings. The fourth-order valence-electron chi connectivity index (χ4n) is 11.2. The molecule has 278 valence electrons. The van der Waals surface area contributed by atoms with Gasteiger partial charge in [0.2, 0.25) is 0 Å². The molecule has 1 aromatic heterocycles. The SMILES string of the molecule is N#Cc1ccc(-c2ccc(C34CC5CC(C3)CC(c3ccc(-c6ccc7ccc(-c8nc(-c9ccccc9)nc(-c9ccccc9)n8)cc7c6)cc3)(C5)C4)cc2)cc1. The lowest BCUT2D eigenvalue weighted by molar-refractivity contribution is -0.0281. The minimum atomic E-state index is 0.231. The van der Waals surface area contributed by atoms with Crippen LogP contribution in [0.5, 0.6) is 0 Å². The Morgan fingerprint density at radius 1 is 0.414 bits per heavy atom. The predicted molar refractivity (Wildman–Crippen MR) is 234 cm³/mol. The van der Waals surface area contributed by atoms with Gasteiger partial charge in [-0.05, 0) is 130 Å². The van der Waals surface area contributed by atoms with E-state index in [9.17, 15) is 5.26 Å². The summed E-state index contributed by atoms with van der Waals surface area (Å²) in [6.07, 6.45) is 7.85. The van der Waals surface area contributed by atoms with Crippen LogP contribution in [0.1, 0.15) is 55.2 Å². The standard InChI is InChI=1S/C54H42N4/c55-34-36-11-13-39(14-12-36)40-19-23-48(24-20-40)53-30-37-27-38(31-53)33-54(32-37,35-53)49-25-21-41(22-26-49)45-17-15-42-16-18-46(29-47(42)28-45)52-57-50(43-7-3-1-4-8-43)56-51(58-52)44-9-5-2-6-10-44/h1-26,28-29,37-38H,27,30-33,35H2. The Kier molecular flexibility index (Phi) is 8.19. The van der Waals surface area contributed by atoms with Crippen molar-refractivity contribution in [2.24, 2.45) is 11.8 Å². The van der Waals surface area contributed by atoms with Crippen molar-refractivity contribution in [2.45, 2.75) is 49.4 Å². The number of aromatic nitrogens is 3. The molecule has 4 heteroatoms. The monoisotopic (exact) mass is 746 g/mol. The molecule has 7 aromatic carbocycles. The first-order valence-electron chi connectivity index (χ1n) is 20.6. The van der Waals surface area contributed by atoms with Crippen molar-refractivity contribution < 1.29 is 0 Å². The van der Waals surface area contributed by atoms with E-state index in [1.807, 2.05) is 72.8 Å². The highest BCUT2D eigenvalue weighted by molar-refractivity contribution is 5.90. The van der Waals surface area contributed by atoms with E-state index in [1.165, 1.54) is 71.7 Å². The second-order valence-electron chi connectivity index (χ2n) is 17.2. The van der Waals surface area contributed by atoms with Crippen LogP contribution in [0, 0.1) is 23.2 Å². The molecule has 0 saturated heterocycles. The van der Waals surface area contributed by atoms with Crippen LogP contribution in [0.15, 0.2) is 170 Å². The van der Waals surface area contributed by atoms with Crippen molar-refractivity contribution in [2.75, 3.05) is 0 Å². The summed E-state index contributed by atoms with van der Waals surface area (Å²) in [5.41, 5.74) is 11.9. The molecule has 0 amide bonds. The van der Waals surface area contributed by atoms with Gasteiger partial charge in [0.1, 0.15) is 0 Å². The maximum atomic E-state index is 9.24. The number of fused-ring (bicyclic) bond motifs is 1. The van der Waals surface area contributed by atoms with Gasteiger partial charge in [0.15, 0.2) is 17.5 Å². The summed E-state index contributed by atoms with van der Waals surface area (Å²) >= 11 is 0. The van der Waals surface area contributed by atoms with E-state index in [2.05, 4.69) is 103 Å². The molecule has 4 nitrogen and oxygen atoms in total. The average molecular weight is 747 g/mol. The molecule has 4 aliphatic rings. The third kappa shape index (κ3) is 6.10. The summed E-state index contributed by atoms with van der Waals surface area (Å²) in [5, 5.41) is 11.6. The Labute approximate surface area is 340 Å². The summed E-state index contributed by atoms with van der Waals surface area (Å²) < 4.78 is 0. The van der Waals surface area contributed by atoms with Crippen molar-refractivity contribution in [1.29, 1.82) is 5.26 Å². The Bertz CT molecular complexity index is 2770. The second-order valence-corrected chi connectivity index (χ2v) is 17.2. The van der Waals surface area contributed by atoms with Gasteiger partial charge >= 0.3 is 0 Å². The van der Waals surface area contributed by atoms with Crippen LogP contribution < -0.4 is 0 Å². The molecule has 58 heavy (non-hydrogen) atoms. The van der Waals surface area contributed by atoms with Gasteiger partial charge in [0.05, 0.1) is 11.6 Å².